The first kappa shape index (κ1) is 27.8. The predicted molar refractivity (Wildman–Crippen MR) is 136 cm³/mol. The molecule has 2 aromatic heterocycles. The molecule has 0 fully saturated rings. The number of carbonyl (C=O) groups is 2. The van der Waals surface area contributed by atoms with Gasteiger partial charge in [0.15, 0.2) is 11.1 Å². The van der Waals surface area contributed by atoms with Crippen LogP contribution in [0.5, 0.6) is 0 Å². The number of halogens is 2. The number of guanidine groups is 1. The molecule has 3 rings (SSSR count). The Hall–Kier alpha value is -3.21. The number of pyridine rings is 1. The summed E-state index contributed by atoms with van der Waals surface area (Å²) in [5, 5.41) is 16.0. The zero-order chi connectivity index (χ0) is 22.2. The van der Waals surface area contributed by atoms with E-state index < -0.39 is 0 Å². The van der Waals surface area contributed by atoms with E-state index in [2.05, 4.69) is 25.9 Å². The number of nitrogens with one attached hydrogen (secondary N) is 4. The minimum absolute atomic E-state index is 0. The number of hydrogen-bond acceptors (Lipinski definition) is 6. The van der Waals surface area contributed by atoms with Gasteiger partial charge in [-0.25, -0.2) is 4.98 Å². The van der Waals surface area contributed by atoms with Crippen molar-refractivity contribution in [3.8, 4) is 0 Å². The molecule has 0 saturated carbocycles. The molecular formula is C21H25Cl2N7O2S. The van der Waals surface area contributed by atoms with Crippen molar-refractivity contribution < 1.29 is 9.59 Å². The van der Waals surface area contributed by atoms with E-state index in [0.29, 0.717) is 35.1 Å². The van der Waals surface area contributed by atoms with Gasteiger partial charge >= 0.3 is 0 Å². The quantitative estimate of drug-likeness (QED) is 0.232. The van der Waals surface area contributed by atoms with E-state index in [0.717, 1.165) is 28.2 Å². The molecule has 2 amide bonds. The monoisotopic (exact) mass is 509 g/mol. The molecule has 12 heteroatoms. The molecule has 0 aliphatic rings. The number of hydrogen-bond donors (Lipinski definition) is 5. The second-order valence-corrected chi connectivity index (χ2v) is 7.75. The minimum Gasteiger partial charge on any atom is -0.370 e. The van der Waals surface area contributed by atoms with Crippen LogP contribution in [0.1, 0.15) is 33.4 Å². The molecule has 0 saturated heterocycles. The van der Waals surface area contributed by atoms with E-state index in [9.17, 15) is 9.59 Å². The molecule has 2 heterocycles. The number of thiazole rings is 1. The summed E-state index contributed by atoms with van der Waals surface area (Å²) >= 11 is 1.16. The van der Waals surface area contributed by atoms with Crippen molar-refractivity contribution in [1.82, 2.24) is 15.3 Å². The third-order valence-corrected chi connectivity index (χ3v) is 5.28. The Morgan fingerprint density at radius 1 is 1.00 bits per heavy atom. The van der Waals surface area contributed by atoms with Crippen molar-refractivity contribution in [2.45, 2.75) is 26.3 Å². The zero-order valence-electron chi connectivity index (χ0n) is 17.8. The van der Waals surface area contributed by atoms with Crippen LogP contribution in [0.4, 0.5) is 10.8 Å². The first-order chi connectivity index (χ1) is 14.9. The Labute approximate surface area is 207 Å². The molecule has 6 N–H and O–H groups in total. The number of nitrogens with zero attached hydrogens (tertiary/aromatic N) is 2. The molecular weight excluding hydrogens is 485 g/mol. The number of rotatable bonds is 8. The maximum absolute atomic E-state index is 12.8. The summed E-state index contributed by atoms with van der Waals surface area (Å²) in [6.45, 7) is 1.78. The highest BCUT2D eigenvalue weighted by Crippen LogP contribution is 2.25. The van der Waals surface area contributed by atoms with Gasteiger partial charge in [-0.3, -0.25) is 20.0 Å². The van der Waals surface area contributed by atoms with Crippen LogP contribution >= 0.6 is 36.2 Å². The lowest BCUT2D eigenvalue weighted by Crippen LogP contribution is -2.23. The molecule has 33 heavy (non-hydrogen) atoms. The van der Waals surface area contributed by atoms with Gasteiger partial charge < -0.3 is 21.7 Å². The molecule has 0 unspecified atom stereocenters. The first-order valence-corrected chi connectivity index (χ1v) is 10.4. The van der Waals surface area contributed by atoms with Gasteiger partial charge in [0.05, 0.1) is 5.69 Å². The summed E-state index contributed by atoms with van der Waals surface area (Å²) in [7, 11) is 0. The van der Waals surface area contributed by atoms with E-state index in [1.165, 1.54) is 6.92 Å². The number of nitrogens with two attached hydrogens (primary N) is 1. The third kappa shape index (κ3) is 8.68. The van der Waals surface area contributed by atoms with Crippen LogP contribution in [0.3, 0.4) is 0 Å². The van der Waals surface area contributed by atoms with Crippen LogP contribution in [0.2, 0.25) is 0 Å². The first-order valence-electron chi connectivity index (χ1n) is 9.55. The molecule has 9 nitrogen and oxygen atoms in total. The predicted octanol–water partition coefficient (Wildman–Crippen LogP) is 3.36. The average molecular weight is 510 g/mol. The van der Waals surface area contributed by atoms with E-state index >= 15 is 0 Å². The standard InChI is InChI=1S/C21H23N7O2S.2ClH/c1-13(29)26-21-28-17(7-4-14-2-5-16(6-3-14)27-20(22)23)18(31-21)19(30)25-12-15-8-10-24-11-9-15;;/h2-3,5-6,8-11H,4,7,12H2,1H3,(H,25,30)(H4,22,23,27)(H,26,28,29);2*1H. The van der Waals surface area contributed by atoms with Gasteiger partial charge in [0.25, 0.3) is 5.91 Å². The van der Waals surface area contributed by atoms with E-state index in [-0.39, 0.29) is 42.6 Å². The third-order valence-electron chi connectivity index (χ3n) is 4.27. The lowest BCUT2D eigenvalue weighted by Gasteiger charge is -2.07. The summed E-state index contributed by atoms with van der Waals surface area (Å²) in [6.07, 6.45) is 4.54. The Morgan fingerprint density at radius 2 is 1.67 bits per heavy atom. The lowest BCUT2D eigenvalue weighted by molar-refractivity contribution is -0.114. The van der Waals surface area contributed by atoms with Crippen molar-refractivity contribution in [2.24, 2.45) is 5.73 Å². The largest absolute Gasteiger partial charge is 0.370 e. The summed E-state index contributed by atoms with van der Waals surface area (Å²) in [4.78, 5) is 33.1. The number of carbonyl (C=O) groups excluding carboxylic acids is 2. The Morgan fingerprint density at radius 3 is 2.27 bits per heavy atom. The fourth-order valence-electron chi connectivity index (χ4n) is 2.84. The van der Waals surface area contributed by atoms with Gasteiger partial charge in [-0.05, 0) is 48.2 Å². The number of aryl methyl sites for hydroxylation is 2. The number of anilines is 2. The second kappa shape index (κ2) is 13.4. The highest BCUT2D eigenvalue weighted by atomic mass is 35.5. The van der Waals surface area contributed by atoms with E-state index in [4.69, 9.17) is 11.1 Å². The summed E-state index contributed by atoms with van der Waals surface area (Å²) in [5.41, 5.74) is 8.68. The topological polar surface area (TPSA) is 146 Å². The van der Waals surface area contributed by atoms with E-state index in [1.54, 1.807) is 12.4 Å². The lowest BCUT2D eigenvalue weighted by atomic mass is 10.1. The molecule has 0 atom stereocenters. The average Bonchev–Trinajstić information content (AvgIpc) is 3.14. The van der Waals surface area contributed by atoms with Gasteiger partial charge in [-0.1, -0.05) is 23.5 Å². The molecule has 0 aliphatic heterocycles. The van der Waals surface area contributed by atoms with Crippen molar-refractivity contribution in [3.63, 3.8) is 0 Å². The van der Waals surface area contributed by atoms with Crippen molar-refractivity contribution >= 4 is 64.7 Å². The Bertz CT molecular complexity index is 1080. The molecule has 0 aliphatic carbocycles. The van der Waals surface area contributed by atoms with Crippen LogP contribution in [-0.4, -0.2) is 27.7 Å². The van der Waals surface area contributed by atoms with Crippen LogP contribution in [0.15, 0.2) is 48.8 Å². The fourth-order valence-corrected chi connectivity index (χ4v) is 3.81. The molecule has 176 valence electrons. The molecule has 0 bridgehead atoms. The van der Waals surface area contributed by atoms with Crippen LogP contribution < -0.4 is 21.7 Å². The van der Waals surface area contributed by atoms with Crippen LogP contribution in [0, 0.1) is 5.41 Å². The van der Waals surface area contributed by atoms with Crippen molar-refractivity contribution in [1.29, 1.82) is 5.41 Å². The maximum Gasteiger partial charge on any atom is 0.263 e. The maximum atomic E-state index is 12.8. The zero-order valence-corrected chi connectivity index (χ0v) is 20.2. The van der Waals surface area contributed by atoms with Gasteiger partial charge in [-0.15, -0.1) is 24.8 Å². The smallest absolute Gasteiger partial charge is 0.263 e. The molecule has 0 spiro atoms. The van der Waals surface area contributed by atoms with Gasteiger partial charge in [0.2, 0.25) is 5.91 Å². The van der Waals surface area contributed by atoms with E-state index in [1.807, 2.05) is 36.4 Å². The van der Waals surface area contributed by atoms with Crippen molar-refractivity contribution in [2.75, 3.05) is 10.6 Å². The van der Waals surface area contributed by atoms with Crippen LogP contribution in [0.25, 0.3) is 0 Å². The van der Waals surface area contributed by atoms with Crippen molar-refractivity contribution in [3.05, 3.63) is 70.5 Å². The number of benzene rings is 1. The minimum atomic E-state index is -0.238. The highest BCUT2D eigenvalue weighted by Gasteiger charge is 2.18. The van der Waals surface area contributed by atoms with Gasteiger partial charge in [-0.2, -0.15) is 0 Å². The molecule has 3 aromatic rings. The normalized spacial score (nSPS) is 9.73. The van der Waals surface area contributed by atoms with Gasteiger partial charge in [0, 0.05) is 31.5 Å². The second-order valence-electron chi connectivity index (χ2n) is 6.75. The van der Waals surface area contributed by atoms with Crippen LogP contribution in [-0.2, 0) is 24.2 Å². The molecule has 0 radical (unpaired) electrons. The summed E-state index contributed by atoms with van der Waals surface area (Å²) < 4.78 is 0. The fraction of sp³-hybridized carbons (Fsp3) is 0.190. The number of amides is 2. The van der Waals surface area contributed by atoms with Gasteiger partial charge in [0.1, 0.15) is 4.88 Å². The Balaban J connectivity index is 0.00000272. The Kier molecular flexibility index (Phi) is 11.3. The SMILES string of the molecule is CC(=O)Nc1nc(CCc2ccc(NC(=N)N)cc2)c(C(=O)NCc2ccncc2)s1.Cl.Cl. The molecule has 1 aromatic carbocycles. The highest BCUT2D eigenvalue weighted by molar-refractivity contribution is 7.17. The summed E-state index contributed by atoms with van der Waals surface area (Å²) in [5.74, 6) is -0.595. The summed E-state index contributed by atoms with van der Waals surface area (Å²) in [6, 6.07) is 11.2. The number of aromatic nitrogens is 2.